The molecule has 14 heavy (non-hydrogen) atoms. The molecule has 0 aliphatic heterocycles. The van der Waals surface area contributed by atoms with Crippen molar-refractivity contribution in [1.29, 1.82) is 0 Å². The second-order valence-corrected chi connectivity index (χ2v) is 4.26. The Morgan fingerprint density at radius 3 is 2.86 bits per heavy atom. The second kappa shape index (κ2) is 5.94. The molecule has 0 bridgehead atoms. The van der Waals surface area contributed by atoms with Crippen molar-refractivity contribution < 1.29 is 9.59 Å². The summed E-state index contributed by atoms with van der Waals surface area (Å²) in [6.45, 7) is 2.13. The van der Waals surface area contributed by atoms with E-state index in [1.54, 1.807) is 0 Å². The summed E-state index contributed by atoms with van der Waals surface area (Å²) in [5, 5.41) is 0. The van der Waals surface area contributed by atoms with Gasteiger partial charge in [0.05, 0.1) is 0 Å². The topological polar surface area (TPSA) is 34.1 Å². The molecule has 1 aliphatic carbocycles. The minimum Gasteiger partial charge on any atom is -0.300 e. The molecule has 0 radical (unpaired) electrons. The predicted octanol–water partition coefficient (Wildman–Crippen LogP) is 2.90. The zero-order valence-electron chi connectivity index (χ0n) is 9.05. The molecule has 0 heterocycles. The highest BCUT2D eigenvalue weighted by molar-refractivity contribution is 5.88. The minimum atomic E-state index is 0.0631. The first kappa shape index (κ1) is 11.4. The summed E-state index contributed by atoms with van der Waals surface area (Å²) in [5.41, 5.74) is 0. The van der Waals surface area contributed by atoms with E-state index in [-0.39, 0.29) is 11.7 Å². The Morgan fingerprint density at radius 1 is 1.43 bits per heavy atom. The molecule has 1 fully saturated rings. The standard InChI is InChI=1S/C12H20O2/c1-2-3-4-8-12(14)10-6-5-7-11(13)9-10/h10H,2-9H2,1H3. The van der Waals surface area contributed by atoms with Crippen molar-refractivity contribution in [2.24, 2.45) is 5.92 Å². The van der Waals surface area contributed by atoms with Crippen LogP contribution in [0.3, 0.4) is 0 Å². The molecule has 1 saturated carbocycles. The van der Waals surface area contributed by atoms with Gasteiger partial charge in [0.2, 0.25) is 0 Å². The van der Waals surface area contributed by atoms with Crippen LogP contribution in [-0.2, 0) is 9.59 Å². The fourth-order valence-electron chi connectivity index (χ4n) is 2.05. The molecule has 0 amide bonds. The largest absolute Gasteiger partial charge is 0.300 e. The van der Waals surface area contributed by atoms with Crippen molar-refractivity contribution in [2.45, 2.75) is 58.3 Å². The van der Waals surface area contributed by atoms with Crippen molar-refractivity contribution in [2.75, 3.05) is 0 Å². The third-order valence-electron chi connectivity index (χ3n) is 2.96. The van der Waals surface area contributed by atoms with Crippen LogP contribution in [0.2, 0.25) is 0 Å². The van der Waals surface area contributed by atoms with Gasteiger partial charge in [0, 0.05) is 25.2 Å². The fourth-order valence-corrected chi connectivity index (χ4v) is 2.05. The summed E-state index contributed by atoms with van der Waals surface area (Å²) in [6, 6.07) is 0. The van der Waals surface area contributed by atoms with E-state index in [1.807, 2.05) is 0 Å². The normalized spacial score (nSPS) is 22.4. The SMILES string of the molecule is CCCCCC(=O)C1CCCC(=O)C1. The highest BCUT2D eigenvalue weighted by Gasteiger charge is 2.24. The van der Waals surface area contributed by atoms with Crippen LogP contribution in [0, 0.1) is 5.92 Å². The van der Waals surface area contributed by atoms with Crippen molar-refractivity contribution in [3.8, 4) is 0 Å². The third-order valence-corrected chi connectivity index (χ3v) is 2.96. The van der Waals surface area contributed by atoms with E-state index in [0.29, 0.717) is 25.0 Å². The molecule has 0 aromatic rings. The number of unbranched alkanes of at least 4 members (excludes halogenated alkanes) is 2. The van der Waals surface area contributed by atoms with Crippen molar-refractivity contribution in [3.63, 3.8) is 0 Å². The summed E-state index contributed by atoms with van der Waals surface area (Å²) in [5.74, 6) is 0.671. The number of rotatable bonds is 5. The van der Waals surface area contributed by atoms with Crippen LogP contribution in [0.25, 0.3) is 0 Å². The first-order valence-electron chi connectivity index (χ1n) is 5.78. The summed E-state index contributed by atoms with van der Waals surface area (Å²) in [7, 11) is 0. The average molecular weight is 196 g/mol. The quantitative estimate of drug-likeness (QED) is 0.633. The molecule has 1 aliphatic rings. The number of ketones is 2. The van der Waals surface area contributed by atoms with Crippen LogP contribution in [0.1, 0.15) is 58.3 Å². The third kappa shape index (κ3) is 3.60. The van der Waals surface area contributed by atoms with Crippen molar-refractivity contribution in [1.82, 2.24) is 0 Å². The summed E-state index contributed by atoms with van der Waals surface area (Å²) < 4.78 is 0. The van der Waals surface area contributed by atoms with Crippen LogP contribution < -0.4 is 0 Å². The first-order valence-corrected chi connectivity index (χ1v) is 5.78. The minimum absolute atomic E-state index is 0.0631. The van der Waals surface area contributed by atoms with E-state index in [1.165, 1.54) is 0 Å². The average Bonchev–Trinajstić information content (AvgIpc) is 2.18. The number of carbonyl (C=O) groups excluding carboxylic acids is 2. The number of carbonyl (C=O) groups is 2. The van der Waals surface area contributed by atoms with Crippen LogP contribution in [0.15, 0.2) is 0 Å². The lowest BCUT2D eigenvalue weighted by Gasteiger charge is -2.19. The molecule has 1 rings (SSSR count). The van der Waals surface area contributed by atoms with Crippen LogP contribution in [0.5, 0.6) is 0 Å². The molecule has 0 aromatic heterocycles. The smallest absolute Gasteiger partial charge is 0.136 e. The Labute approximate surface area is 86.1 Å². The van der Waals surface area contributed by atoms with Gasteiger partial charge in [-0.25, -0.2) is 0 Å². The van der Waals surface area contributed by atoms with Gasteiger partial charge in [-0.2, -0.15) is 0 Å². The van der Waals surface area contributed by atoms with E-state index in [4.69, 9.17) is 0 Å². The van der Waals surface area contributed by atoms with Gasteiger partial charge in [0.15, 0.2) is 0 Å². The molecule has 0 aromatic carbocycles. The Balaban J connectivity index is 2.25. The van der Waals surface area contributed by atoms with Gasteiger partial charge in [-0.1, -0.05) is 19.8 Å². The molecule has 80 valence electrons. The summed E-state index contributed by atoms with van der Waals surface area (Å²) in [6.07, 6.45) is 7.04. The van der Waals surface area contributed by atoms with Crippen LogP contribution >= 0.6 is 0 Å². The molecule has 2 heteroatoms. The zero-order valence-corrected chi connectivity index (χ0v) is 9.05. The lowest BCUT2D eigenvalue weighted by atomic mass is 9.84. The maximum absolute atomic E-state index is 11.7. The monoisotopic (exact) mass is 196 g/mol. The Kier molecular flexibility index (Phi) is 4.85. The highest BCUT2D eigenvalue weighted by atomic mass is 16.1. The fraction of sp³-hybridized carbons (Fsp3) is 0.833. The van der Waals surface area contributed by atoms with E-state index in [0.717, 1.165) is 32.1 Å². The number of hydrogen-bond acceptors (Lipinski definition) is 2. The molecule has 0 saturated heterocycles. The van der Waals surface area contributed by atoms with Gasteiger partial charge in [-0.05, 0) is 19.3 Å². The lowest BCUT2D eigenvalue weighted by Crippen LogP contribution is -2.22. The van der Waals surface area contributed by atoms with Gasteiger partial charge >= 0.3 is 0 Å². The maximum atomic E-state index is 11.7. The van der Waals surface area contributed by atoms with E-state index >= 15 is 0 Å². The molecule has 1 unspecified atom stereocenters. The Morgan fingerprint density at radius 2 is 2.21 bits per heavy atom. The Hall–Kier alpha value is -0.660. The van der Waals surface area contributed by atoms with Crippen LogP contribution in [0.4, 0.5) is 0 Å². The van der Waals surface area contributed by atoms with Crippen molar-refractivity contribution in [3.05, 3.63) is 0 Å². The molecule has 0 spiro atoms. The molecule has 2 nitrogen and oxygen atoms in total. The van der Waals surface area contributed by atoms with Gasteiger partial charge in [-0.15, -0.1) is 0 Å². The maximum Gasteiger partial charge on any atom is 0.136 e. The molecular weight excluding hydrogens is 176 g/mol. The molecule has 0 N–H and O–H groups in total. The molecular formula is C12H20O2. The second-order valence-electron chi connectivity index (χ2n) is 4.26. The van der Waals surface area contributed by atoms with Gasteiger partial charge in [0.25, 0.3) is 0 Å². The van der Waals surface area contributed by atoms with Crippen molar-refractivity contribution >= 4 is 11.6 Å². The van der Waals surface area contributed by atoms with Gasteiger partial charge in [0.1, 0.15) is 11.6 Å². The summed E-state index contributed by atoms with van der Waals surface area (Å²) >= 11 is 0. The number of Topliss-reactive ketones (excluding diaryl/α,β-unsaturated/α-hetero) is 2. The van der Waals surface area contributed by atoms with E-state index in [9.17, 15) is 9.59 Å². The number of hydrogen-bond donors (Lipinski definition) is 0. The first-order chi connectivity index (χ1) is 6.74. The van der Waals surface area contributed by atoms with Crippen LogP contribution in [-0.4, -0.2) is 11.6 Å². The summed E-state index contributed by atoms with van der Waals surface area (Å²) in [4.78, 5) is 22.8. The van der Waals surface area contributed by atoms with E-state index in [2.05, 4.69) is 6.92 Å². The van der Waals surface area contributed by atoms with E-state index < -0.39 is 0 Å². The predicted molar refractivity (Wildman–Crippen MR) is 56.1 cm³/mol. The van der Waals surface area contributed by atoms with Gasteiger partial charge in [-0.3, -0.25) is 9.59 Å². The highest BCUT2D eigenvalue weighted by Crippen LogP contribution is 2.23. The zero-order chi connectivity index (χ0) is 10.4. The molecule has 1 atom stereocenters. The van der Waals surface area contributed by atoms with Gasteiger partial charge < -0.3 is 0 Å². The lowest BCUT2D eigenvalue weighted by molar-refractivity contribution is -0.130. The Bertz CT molecular complexity index is 208.